The van der Waals surface area contributed by atoms with Crippen molar-refractivity contribution in [2.24, 2.45) is 0 Å². The molecule has 2 aromatic rings. The van der Waals surface area contributed by atoms with E-state index in [1.807, 2.05) is 30.3 Å². The quantitative estimate of drug-likeness (QED) is 0.732. The first-order valence-corrected chi connectivity index (χ1v) is 8.30. The maximum atomic E-state index is 13.2. The third-order valence-corrected chi connectivity index (χ3v) is 3.89. The van der Waals surface area contributed by atoms with E-state index in [9.17, 15) is 18.0 Å². The number of anilines is 1. The summed E-state index contributed by atoms with van der Waals surface area (Å²) < 4.78 is 54.7. The molecule has 1 amide bonds. The molecule has 3 atom stereocenters. The lowest BCUT2D eigenvalue weighted by Gasteiger charge is -2.19. The largest absolute Gasteiger partial charge is 0.433 e. The van der Waals surface area contributed by atoms with Crippen molar-refractivity contribution in [2.75, 3.05) is 11.9 Å². The molecule has 0 aromatic heterocycles. The summed E-state index contributed by atoms with van der Waals surface area (Å²) >= 11 is 0. The molecular formula is C19H18F3NO4. The van der Waals surface area contributed by atoms with Crippen molar-refractivity contribution in [1.29, 1.82) is 0 Å². The van der Waals surface area contributed by atoms with Gasteiger partial charge in [0, 0.05) is 5.69 Å². The van der Waals surface area contributed by atoms with E-state index in [1.165, 1.54) is 12.1 Å². The number of hydrogen-bond donors (Lipinski definition) is 1. The summed E-state index contributed by atoms with van der Waals surface area (Å²) in [7, 11) is 0. The molecule has 1 fully saturated rings. The average Bonchev–Trinajstić information content (AvgIpc) is 3.39. The summed E-state index contributed by atoms with van der Waals surface area (Å²) in [6.07, 6.45) is -10.3. The molecule has 5 nitrogen and oxygen atoms in total. The molecule has 1 aliphatic rings. The molecule has 144 valence electrons. The van der Waals surface area contributed by atoms with Crippen molar-refractivity contribution in [3.05, 3.63) is 66.2 Å². The molecule has 0 aliphatic carbocycles. The van der Waals surface area contributed by atoms with Gasteiger partial charge in [0.25, 0.3) is 0 Å². The average molecular weight is 381 g/mol. The highest BCUT2D eigenvalue weighted by molar-refractivity contribution is 5.84. The Kier molecular flexibility index (Phi) is 5.98. The molecule has 1 saturated heterocycles. The van der Waals surface area contributed by atoms with Crippen LogP contribution in [-0.2, 0) is 20.8 Å². The number of para-hydroxylation sites is 1. The molecule has 0 unspecified atom stereocenters. The predicted molar refractivity (Wildman–Crippen MR) is 91.1 cm³/mol. The maximum absolute atomic E-state index is 13.2. The Balaban J connectivity index is 1.49. The second kappa shape index (κ2) is 8.41. The number of ether oxygens (including phenoxy) is 3. The van der Waals surface area contributed by atoms with Crippen molar-refractivity contribution in [1.82, 2.24) is 0 Å². The number of halogens is 3. The summed E-state index contributed by atoms with van der Waals surface area (Å²) in [5.74, 6) is 0. The molecule has 2 aromatic carbocycles. The van der Waals surface area contributed by atoms with Crippen LogP contribution in [-0.4, -0.2) is 37.2 Å². The third kappa shape index (κ3) is 5.70. The lowest BCUT2D eigenvalue weighted by Crippen LogP contribution is -2.40. The second-order valence-corrected chi connectivity index (χ2v) is 6.00. The molecule has 8 heteroatoms. The maximum Gasteiger partial charge on any atom is 0.428 e. The normalized spacial score (nSPS) is 20.0. The summed E-state index contributed by atoms with van der Waals surface area (Å²) in [5, 5.41) is 2.26. The monoisotopic (exact) mass is 381 g/mol. The first-order chi connectivity index (χ1) is 12.9. The lowest BCUT2D eigenvalue weighted by atomic mass is 10.2. The van der Waals surface area contributed by atoms with Crippen molar-refractivity contribution >= 4 is 11.8 Å². The van der Waals surface area contributed by atoms with E-state index in [1.54, 1.807) is 18.2 Å². The minimum absolute atomic E-state index is 0.0181. The van der Waals surface area contributed by atoms with Gasteiger partial charge in [0.2, 0.25) is 6.10 Å². The first-order valence-electron chi connectivity index (χ1n) is 8.30. The highest BCUT2D eigenvalue weighted by atomic mass is 19.4. The Morgan fingerprint density at radius 3 is 2.33 bits per heavy atom. The molecular weight excluding hydrogens is 363 g/mol. The van der Waals surface area contributed by atoms with Gasteiger partial charge in [-0.15, -0.1) is 0 Å². The van der Waals surface area contributed by atoms with Crippen molar-refractivity contribution < 1.29 is 32.2 Å². The van der Waals surface area contributed by atoms with Gasteiger partial charge in [-0.2, -0.15) is 13.2 Å². The van der Waals surface area contributed by atoms with Crippen molar-refractivity contribution in [2.45, 2.75) is 31.1 Å². The van der Waals surface area contributed by atoms with Crippen molar-refractivity contribution in [3.8, 4) is 0 Å². The highest BCUT2D eigenvalue weighted by Gasteiger charge is 2.59. The number of carbonyl (C=O) groups is 1. The van der Waals surface area contributed by atoms with Crippen LogP contribution in [0, 0.1) is 0 Å². The molecule has 0 radical (unpaired) electrons. The van der Waals surface area contributed by atoms with Crippen LogP contribution in [0.3, 0.4) is 0 Å². The zero-order valence-corrected chi connectivity index (χ0v) is 14.2. The van der Waals surface area contributed by atoms with Crippen LogP contribution in [0.15, 0.2) is 60.7 Å². The predicted octanol–water partition coefficient (Wildman–Crippen LogP) is 4.15. The summed E-state index contributed by atoms with van der Waals surface area (Å²) in [6.45, 7) is 0.245. The zero-order valence-electron chi connectivity index (χ0n) is 14.2. The first kappa shape index (κ1) is 19.2. The number of hydrogen-bond acceptors (Lipinski definition) is 4. The molecule has 1 N–H and O–H groups in total. The Morgan fingerprint density at radius 2 is 1.70 bits per heavy atom. The van der Waals surface area contributed by atoms with Gasteiger partial charge in [0.1, 0.15) is 12.2 Å². The van der Waals surface area contributed by atoms with Crippen LogP contribution in [0.1, 0.15) is 5.56 Å². The van der Waals surface area contributed by atoms with Crippen LogP contribution in [0.2, 0.25) is 0 Å². The fourth-order valence-corrected chi connectivity index (χ4v) is 2.53. The number of benzene rings is 2. The van der Waals surface area contributed by atoms with Gasteiger partial charge in [0.05, 0.1) is 13.2 Å². The van der Waals surface area contributed by atoms with E-state index in [-0.39, 0.29) is 13.2 Å². The summed E-state index contributed by atoms with van der Waals surface area (Å²) in [4.78, 5) is 11.8. The van der Waals surface area contributed by atoms with Crippen LogP contribution in [0.25, 0.3) is 0 Å². The van der Waals surface area contributed by atoms with Gasteiger partial charge < -0.3 is 14.2 Å². The van der Waals surface area contributed by atoms with Gasteiger partial charge in [-0.3, -0.25) is 5.32 Å². The van der Waals surface area contributed by atoms with Gasteiger partial charge in [-0.25, -0.2) is 4.79 Å². The molecule has 27 heavy (non-hydrogen) atoms. The highest BCUT2D eigenvalue weighted by Crippen LogP contribution is 2.37. The van der Waals surface area contributed by atoms with E-state index in [2.05, 4.69) is 10.1 Å². The van der Waals surface area contributed by atoms with E-state index in [0.717, 1.165) is 5.56 Å². The van der Waals surface area contributed by atoms with E-state index in [4.69, 9.17) is 9.47 Å². The number of alkyl halides is 3. The minimum Gasteiger partial charge on any atom is -0.433 e. The topological polar surface area (TPSA) is 60.1 Å². The number of rotatable bonds is 7. The van der Waals surface area contributed by atoms with Gasteiger partial charge in [-0.05, 0) is 17.7 Å². The van der Waals surface area contributed by atoms with Crippen LogP contribution < -0.4 is 5.32 Å². The smallest absolute Gasteiger partial charge is 0.428 e. The Bertz CT molecular complexity index is 740. The minimum atomic E-state index is -4.74. The molecule has 0 spiro atoms. The van der Waals surface area contributed by atoms with Crippen LogP contribution in [0.4, 0.5) is 23.7 Å². The van der Waals surface area contributed by atoms with Gasteiger partial charge >= 0.3 is 12.3 Å². The molecule has 1 heterocycles. The lowest BCUT2D eigenvalue weighted by molar-refractivity contribution is -0.207. The Morgan fingerprint density at radius 1 is 1.07 bits per heavy atom. The van der Waals surface area contributed by atoms with E-state index in [0.29, 0.717) is 5.69 Å². The van der Waals surface area contributed by atoms with Crippen LogP contribution in [0.5, 0.6) is 0 Å². The summed E-state index contributed by atoms with van der Waals surface area (Å²) in [5.41, 5.74) is 1.24. The fourth-order valence-electron chi connectivity index (χ4n) is 2.53. The van der Waals surface area contributed by atoms with Gasteiger partial charge in [-0.1, -0.05) is 48.5 Å². The Hall–Kier alpha value is -2.58. The number of carbonyl (C=O) groups excluding carboxylic acids is 1. The standard InChI is InChI=1S/C19H18F3NO4/c20-19(21,22)17(27-18(24)23-14-9-5-2-6-10-14)16-15(26-16)12-25-11-13-7-3-1-4-8-13/h1-10,15-17H,11-12H2,(H,23,24)/t15-,16+,17+/m1/s1. The Labute approximate surface area is 154 Å². The molecule has 0 saturated carbocycles. The van der Waals surface area contributed by atoms with E-state index < -0.39 is 30.6 Å². The number of nitrogens with one attached hydrogen (secondary N) is 1. The number of amides is 1. The zero-order chi connectivity index (χ0) is 19.3. The van der Waals surface area contributed by atoms with Gasteiger partial charge in [0.15, 0.2) is 0 Å². The molecule has 3 rings (SSSR count). The third-order valence-electron chi connectivity index (χ3n) is 3.89. The molecule has 1 aliphatic heterocycles. The number of epoxide rings is 1. The second-order valence-electron chi connectivity index (χ2n) is 6.00. The SMILES string of the molecule is O=C(Nc1ccccc1)O[C@@H]([C@H]1O[C@@H]1COCc1ccccc1)C(F)(F)F. The fraction of sp³-hybridized carbons (Fsp3) is 0.316. The van der Waals surface area contributed by atoms with Crippen molar-refractivity contribution in [3.63, 3.8) is 0 Å². The van der Waals surface area contributed by atoms with Crippen LogP contribution >= 0.6 is 0 Å². The molecule has 0 bridgehead atoms. The van der Waals surface area contributed by atoms with E-state index >= 15 is 0 Å². The summed E-state index contributed by atoms with van der Waals surface area (Å²) in [6, 6.07) is 17.3.